The molecule has 2 atom stereocenters. The van der Waals surface area contributed by atoms with E-state index in [4.69, 9.17) is 9.47 Å². The molecule has 2 unspecified atom stereocenters. The van der Waals surface area contributed by atoms with E-state index in [1.54, 1.807) is 16.9 Å². The Hall–Kier alpha value is -4.83. The number of hydrogen-bond donors (Lipinski definition) is 1. The van der Waals surface area contributed by atoms with Gasteiger partial charge in [0.1, 0.15) is 35.7 Å². The van der Waals surface area contributed by atoms with Gasteiger partial charge in [0, 0.05) is 42.9 Å². The van der Waals surface area contributed by atoms with Gasteiger partial charge in [0.25, 0.3) is 0 Å². The van der Waals surface area contributed by atoms with Gasteiger partial charge >= 0.3 is 0 Å². The summed E-state index contributed by atoms with van der Waals surface area (Å²) >= 11 is 0. The molecule has 10 heteroatoms. The molecule has 10 nitrogen and oxygen atoms in total. The van der Waals surface area contributed by atoms with E-state index in [0.29, 0.717) is 35.9 Å². The summed E-state index contributed by atoms with van der Waals surface area (Å²) in [5.41, 5.74) is 4.53. The lowest BCUT2D eigenvalue weighted by Gasteiger charge is -2.34. The second kappa shape index (κ2) is 20.6. The van der Waals surface area contributed by atoms with E-state index in [0.717, 1.165) is 64.4 Å². The maximum absolute atomic E-state index is 11.2. The van der Waals surface area contributed by atoms with E-state index in [1.807, 2.05) is 69.4 Å². The number of allylic oxidation sites excluding steroid dienone is 1. The smallest absolute Gasteiger partial charge is 0.158 e. The van der Waals surface area contributed by atoms with E-state index in [2.05, 4.69) is 84.9 Å². The average molecular weight is 736 g/mol. The van der Waals surface area contributed by atoms with Gasteiger partial charge < -0.3 is 19.7 Å². The maximum Gasteiger partial charge on any atom is 0.158 e. The number of carbonyl (C=O) groups excluding carboxylic acids is 1. The number of aromatic nitrogens is 5. The second-order valence-corrected chi connectivity index (χ2v) is 15.0. The molecule has 2 aromatic carbocycles. The van der Waals surface area contributed by atoms with Crippen LogP contribution in [0, 0.1) is 37.5 Å². The SMILES string of the molecule is CC(C)C(=O)/C=C/C1CN(C)C1.CCC(C)CC(C)COc1c(C)ccc2ncnc(Nc3ccc(Oc4ccn5ncnc5c4)c(C)c3)c12.CCCC. The third-order valence-electron chi connectivity index (χ3n) is 9.58. The summed E-state index contributed by atoms with van der Waals surface area (Å²) in [5.74, 6) is 5.15. The van der Waals surface area contributed by atoms with Crippen LogP contribution < -0.4 is 14.8 Å². The molecule has 290 valence electrons. The molecule has 1 aliphatic rings. The third kappa shape index (κ3) is 12.1. The highest BCUT2D eigenvalue weighted by Crippen LogP contribution is 2.36. The van der Waals surface area contributed by atoms with Gasteiger partial charge in [0.2, 0.25) is 0 Å². The summed E-state index contributed by atoms with van der Waals surface area (Å²) < 4.78 is 14.2. The number of aryl methyl sites for hydroxylation is 2. The normalized spacial score (nSPS) is 14.2. The van der Waals surface area contributed by atoms with Crippen LogP contribution in [-0.2, 0) is 4.79 Å². The number of carbonyl (C=O) groups is 1. The lowest BCUT2D eigenvalue weighted by molar-refractivity contribution is -0.117. The minimum Gasteiger partial charge on any atom is -0.492 e. The largest absolute Gasteiger partial charge is 0.492 e. The van der Waals surface area contributed by atoms with Gasteiger partial charge in [-0.25, -0.2) is 19.5 Å². The zero-order valence-electron chi connectivity index (χ0n) is 34.1. The van der Waals surface area contributed by atoms with Crippen LogP contribution in [0.15, 0.2) is 73.5 Å². The summed E-state index contributed by atoms with van der Waals surface area (Å²) in [7, 11) is 2.09. The van der Waals surface area contributed by atoms with E-state index >= 15 is 0 Å². The van der Waals surface area contributed by atoms with Crippen molar-refractivity contribution in [3.8, 4) is 17.2 Å². The van der Waals surface area contributed by atoms with Crippen molar-refractivity contribution in [2.24, 2.45) is 23.7 Å². The number of rotatable bonds is 14. The van der Waals surface area contributed by atoms with Gasteiger partial charge in [-0.05, 0) is 86.7 Å². The molecule has 54 heavy (non-hydrogen) atoms. The highest BCUT2D eigenvalue weighted by molar-refractivity contribution is 5.96. The minimum atomic E-state index is 0.138. The molecule has 1 aliphatic heterocycles. The molecule has 0 saturated carbocycles. The lowest BCUT2D eigenvalue weighted by atomic mass is 9.96. The number of nitrogens with one attached hydrogen (secondary N) is 1. The number of benzene rings is 2. The van der Waals surface area contributed by atoms with Crippen molar-refractivity contribution < 1.29 is 14.3 Å². The molecular weight excluding hydrogens is 675 g/mol. The number of pyridine rings is 1. The first-order valence-corrected chi connectivity index (χ1v) is 19.5. The van der Waals surface area contributed by atoms with E-state index in [1.165, 1.54) is 25.6 Å². The van der Waals surface area contributed by atoms with Crippen LogP contribution in [-0.4, -0.2) is 62.0 Å². The van der Waals surface area contributed by atoms with Gasteiger partial charge in [-0.2, -0.15) is 5.10 Å². The molecule has 5 aromatic rings. The van der Waals surface area contributed by atoms with Crippen molar-refractivity contribution in [1.29, 1.82) is 0 Å². The van der Waals surface area contributed by atoms with Crippen LogP contribution in [0.4, 0.5) is 11.5 Å². The van der Waals surface area contributed by atoms with E-state index in [9.17, 15) is 4.79 Å². The average Bonchev–Trinajstić information content (AvgIpc) is 3.62. The Labute approximate surface area is 322 Å². The Bertz CT molecular complexity index is 1960. The Morgan fingerprint density at radius 2 is 1.69 bits per heavy atom. The van der Waals surface area contributed by atoms with Crippen LogP contribution in [0.1, 0.15) is 85.3 Å². The first-order valence-electron chi connectivity index (χ1n) is 19.5. The Morgan fingerprint density at radius 1 is 0.926 bits per heavy atom. The number of nitrogens with zero attached hydrogens (tertiary/aromatic N) is 6. The molecule has 1 fully saturated rings. The fraction of sp³-hybridized carbons (Fsp3) is 0.477. The molecule has 0 spiro atoms. The number of fused-ring (bicyclic) bond motifs is 2. The summed E-state index contributed by atoms with van der Waals surface area (Å²) in [6, 6.07) is 13.8. The number of anilines is 2. The van der Waals surface area contributed by atoms with Gasteiger partial charge in [-0.3, -0.25) is 4.79 Å². The fourth-order valence-corrected chi connectivity index (χ4v) is 5.91. The zero-order chi connectivity index (χ0) is 39.2. The summed E-state index contributed by atoms with van der Waals surface area (Å²) in [5, 5.41) is 8.51. The third-order valence-corrected chi connectivity index (χ3v) is 9.58. The van der Waals surface area contributed by atoms with Crippen molar-refractivity contribution in [1.82, 2.24) is 29.5 Å². The highest BCUT2D eigenvalue weighted by Gasteiger charge is 2.20. The van der Waals surface area contributed by atoms with Gasteiger partial charge in [-0.1, -0.05) is 79.9 Å². The molecular formula is C44H61N7O3. The van der Waals surface area contributed by atoms with Crippen LogP contribution in [0.5, 0.6) is 17.2 Å². The minimum absolute atomic E-state index is 0.138. The van der Waals surface area contributed by atoms with Crippen LogP contribution >= 0.6 is 0 Å². The van der Waals surface area contributed by atoms with Crippen molar-refractivity contribution >= 4 is 33.8 Å². The van der Waals surface area contributed by atoms with Gasteiger partial charge in [-0.15, -0.1) is 0 Å². The number of unbranched alkanes of at least 4 members (excludes halogenated alkanes) is 1. The molecule has 0 aliphatic carbocycles. The van der Waals surface area contributed by atoms with Crippen LogP contribution in [0.3, 0.4) is 0 Å². The standard InChI is InChI=1S/C30H34N6O2.C10H17NO.C4H10/c1-6-19(2)13-20(3)16-37-29-21(4)7-9-25-28(29)30(33-17-31-25)35-23-8-10-26(22(5)14-23)38-24-11-12-36-27(15-24)32-18-34-36;1-8(2)10(12)5-4-9-6-11(3)7-9;1-3-4-2/h7-12,14-15,17-20H,6,13,16H2,1-5H3,(H,31,33,35);4-5,8-9H,6-7H2,1-3H3;3-4H2,1-2H3/b;5-4+;. The van der Waals surface area contributed by atoms with Gasteiger partial charge in [0.15, 0.2) is 11.4 Å². The Kier molecular flexibility index (Phi) is 16.0. The monoisotopic (exact) mass is 735 g/mol. The number of likely N-dealkylation sites (tertiary alicyclic amines) is 1. The van der Waals surface area contributed by atoms with Gasteiger partial charge in [0.05, 0.1) is 17.5 Å². The summed E-state index contributed by atoms with van der Waals surface area (Å²) in [6.07, 6.45) is 13.7. The zero-order valence-corrected chi connectivity index (χ0v) is 34.1. The molecule has 3 aromatic heterocycles. The molecule has 1 saturated heterocycles. The number of hydrogen-bond acceptors (Lipinski definition) is 9. The van der Waals surface area contributed by atoms with Crippen molar-refractivity contribution in [2.75, 3.05) is 32.1 Å². The van der Waals surface area contributed by atoms with Crippen LogP contribution in [0.25, 0.3) is 16.6 Å². The molecule has 0 amide bonds. The van der Waals surface area contributed by atoms with Crippen molar-refractivity contribution in [3.63, 3.8) is 0 Å². The van der Waals surface area contributed by atoms with E-state index < -0.39 is 0 Å². The van der Waals surface area contributed by atoms with Crippen molar-refractivity contribution in [2.45, 2.75) is 88.0 Å². The molecule has 0 radical (unpaired) electrons. The Morgan fingerprint density at radius 3 is 2.35 bits per heavy atom. The number of ether oxygens (including phenoxy) is 2. The predicted octanol–water partition coefficient (Wildman–Crippen LogP) is 10.4. The lowest BCUT2D eigenvalue weighted by Crippen LogP contribution is -2.42. The molecule has 1 N–H and O–H groups in total. The second-order valence-electron chi connectivity index (χ2n) is 15.0. The maximum atomic E-state index is 11.2. The highest BCUT2D eigenvalue weighted by atomic mass is 16.5. The molecule has 4 heterocycles. The first kappa shape index (κ1) is 41.9. The molecule has 6 rings (SSSR count). The number of ketones is 1. The fourth-order valence-electron chi connectivity index (χ4n) is 5.91. The molecule has 0 bridgehead atoms. The Balaban J connectivity index is 0.000000339. The van der Waals surface area contributed by atoms with E-state index in [-0.39, 0.29) is 11.7 Å². The quantitative estimate of drug-likeness (QED) is 0.112. The first-order chi connectivity index (χ1) is 25.9. The summed E-state index contributed by atoms with van der Waals surface area (Å²) in [4.78, 5) is 26.7. The summed E-state index contributed by atoms with van der Waals surface area (Å²) in [6.45, 7) is 21.9. The topological polar surface area (TPSA) is 107 Å². The van der Waals surface area contributed by atoms with Crippen LogP contribution in [0.2, 0.25) is 0 Å². The predicted molar refractivity (Wildman–Crippen MR) is 221 cm³/mol. The van der Waals surface area contributed by atoms with Crippen molar-refractivity contribution in [3.05, 3.63) is 84.6 Å².